The highest BCUT2D eigenvalue weighted by Crippen LogP contribution is 2.40. The van der Waals surface area contributed by atoms with E-state index in [4.69, 9.17) is 11.6 Å². The Labute approximate surface area is 158 Å². The minimum atomic E-state index is 0.234. The lowest BCUT2D eigenvalue weighted by molar-refractivity contribution is -0.133. The minimum Gasteiger partial charge on any atom is -0.336 e. The molecule has 25 heavy (non-hydrogen) atoms. The largest absolute Gasteiger partial charge is 0.336 e. The average molecular weight is 375 g/mol. The summed E-state index contributed by atoms with van der Waals surface area (Å²) in [5.41, 5.74) is 1.80. The Morgan fingerprint density at radius 3 is 2.96 bits per heavy atom. The van der Waals surface area contributed by atoms with Crippen molar-refractivity contribution in [2.24, 2.45) is 5.92 Å². The zero-order valence-corrected chi connectivity index (χ0v) is 16.0. The van der Waals surface area contributed by atoms with E-state index < -0.39 is 0 Å². The van der Waals surface area contributed by atoms with Crippen molar-refractivity contribution in [1.29, 1.82) is 0 Å². The maximum atomic E-state index is 13.0. The summed E-state index contributed by atoms with van der Waals surface area (Å²) >= 11 is 7.82. The van der Waals surface area contributed by atoms with Crippen molar-refractivity contribution in [2.75, 3.05) is 0 Å². The molecule has 2 fully saturated rings. The number of benzene rings is 1. The fraction of sp³-hybridized carbons (Fsp3) is 0.500. The molecule has 1 amide bonds. The van der Waals surface area contributed by atoms with Gasteiger partial charge in [-0.15, -0.1) is 11.3 Å². The number of carbonyl (C=O) groups excluding carboxylic acids is 1. The van der Waals surface area contributed by atoms with Gasteiger partial charge in [-0.3, -0.25) is 4.79 Å². The highest BCUT2D eigenvalue weighted by molar-refractivity contribution is 7.13. The van der Waals surface area contributed by atoms with E-state index in [1.54, 1.807) is 11.3 Å². The van der Waals surface area contributed by atoms with Crippen molar-refractivity contribution in [3.8, 4) is 10.6 Å². The first kappa shape index (κ1) is 17.0. The van der Waals surface area contributed by atoms with Gasteiger partial charge in [0, 0.05) is 23.0 Å². The number of halogens is 1. The Morgan fingerprint density at radius 2 is 2.12 bits per heavy atom. The van der Waals surface area contributed by atoms with E-state index in [0.717, 1.165) is 16.3 Å². The molecule has 1 aliphatic carbocycles. The number of thiazole rings is 1. The number of hydrogen-bond donors (Lipinski definition) is 0. The highest BCUT2D eigenvalue weighted by Gasteiger charge is 2.42. The standard InChI is InChI=1S/C20H23ClN2OS/c1-13-10-14-6-2-5-9-18(14)23(13)19(24)11-15-12-25-20(22-15)16-7-3-4-8-17(16)21/h3-4,7-8,12-14,18H,2,5-6,9-11H2,1H3. The van der Waals surface area contributed by atoms with Gasteiger partial charge in [0.05, 0.1) is 17.1 Å². The number of rotatable bonds is 3. The van der Waals surface area contributed by atoms with Crippen molar-refractivity contribution >= 4 is 28.8 Å². The van der Waals surface area contributed by atoms with E-state index in [9.17, 15) is 4.79 Å². The Kier molecular flexibility index (Phi) is 4.83. The van der Waals surface area contributed by atoms with Crippen LogP contribution < -0.4 is 0 Å². The predicted octanol–water partition coefficient (Wildman–Crippen LogP) is 5.19. The van der Waals surface area contributed by atoms with Gasteiger partial charge in [-0.2, -0.15) is 0 Å². The first-order valence-electron chi connectivity index (χ1n) is 9.14. The summed E-state index contributed by atoms with van der Waals surface area (Å²) in [7, 11) is 0. The van der Waals surface area contributed by atoms with E-state index in [1.165, 1.54) is 32.1 Å². The van der Waals surface area contributed by atoms with Crippen LogP contribution in [-0.2, 0) is 11.2 Å². The van der Waals surface area contributed by atoms with E-state index in [1.807, 2.05) is 29.6 Å². The molecule has 2 heterocycles. The van der Waals surface area contributed by atoms with Gasteiger partial charge in [-0.1, -0.05) is 42.6 Å². The molecule has 3 nitrogen and oxygen atoms in total. The second-order valence-electron chi connectivity index (χ2n) is 7.30. The zero-order chi connectivity index (χ0) is 17.4. The molecule has 2 aliphatic rings. The van der Waals surface area contributed by atoms with Crippen LogP contribution >= 0.6 is 22.9 Å². The van der Waals surface area contributed by atoms with Crippen LogP contribution in [0.5, 0.6) is 0 Å². The number of nitrogens with zero attached hydrogens (tertiary/aromatic N) is 2. The predicted molar refractivity (Wildman–Crippen MR) is 103 cm³/mol. The zero-order valence-electron chi connectivity index (χ0n) is 14.5. The molecule has 132 valence electrons. The lowest BCUT2D eigenvalue weighted by Gasteiger charge is -2.33. The van der Waals surface area contributed by atoms with Crippen molar-refractivity contribution in [3.05, 3.63) is 40.4 Å². The normalized spacial score (nSPS) is 25.8. The second kappa shape index (κ2) is 7.08. The van der Waals surface area contributed by atoms with Gasteiger partial charge in [-0.25, -0.2) is 4.98 Å². The summed E-state index contributed by atoms with van der Waals surface area (Å²) < 4.78 is 0. The molecule has 0 radical (unpaired) electrons. The van der Waals surface area contributed by atoms with Crippen LogP contribution in [0.3, 0.4) is 0 Å². The molecule has 4 rings (SSSR count). The molecule has 1 aliphatic heterocycles. The molecule has 0 bridgehead atoms. The van der Waals surface area contributed by atoms with E-state index in [2.05, 4.69) is 16.8 Å². The van der Waals surface area contributed by atoms with Crippen LogP contribution in [0, 0.1) is 5.92 Å². The third kappa shape index (κ3) is 3.34. The molecule has 1 aromatic carbocycles. The second-order valence-corrected chi connectivity index (χ2v) is 8.56. The molecule has 2 aromatic rings. The fourth-order valence-electron chi connectivity index (χ4n) is 4.53. The lowest BCUT2D eigenvalue weighted by atomic mass is 9.85. The van der Waals surface area contributed by atoms with E-state index in [-0.39, 0.29) is 5.91 Å². The molecule has 0 N–H and O–H groups in total. The maximum absolute atomic E-state index is 13.0. The molecule has 3 unspecified atom stereocenters. The molecule has 1 aromatic heterocycles. The van der Waals surface area contributed by atoms with Crippen molar-refractivity contribution in [1.82, 2.24) is 9.88 Å². The summed E-state index contributed by atoms with van der Waals surface area (Å²) in [6.07, 6.45) is 6.59. The SMILES string of the molecule is CC1CC2CCCCC2N1C(=O)Cc1csc(-c2ccccc2Cl)n1. The van der Waals surface area contributed by atoms with Gasteiger partial charge < -0.3 is 4.90 Å². The van der Waals surface area contributed by atoms with Crippen LogP contribution in [0.1, 0.15) is 44.7 Å². The first-order chi connectivity index (χ1) is 12.1. The van der Waals surface area contributed by atoms with E-state index >= 15 is 0 Å². The first-order valence-corrected chi connectivity index (χ1v) is 10.4. The fourth-order valence-corrected chi connectivity index (χ4v) is 5.67. The maximum Gasteiger partial charge on any atom is 0.229 e. The van der Waals surface area contributed by atoms with Crippen LogP contribution in [0.4, 0.5) is 0 Å². The molecule has 1 saturated carbocycles. The van der Waals surface area contributed by atoms with Gasteiger partial charge >= 0.3 is 0 Å². The van der Waals surface area contributed by atoms with Gasteiger partial charge in [0.1, 0.15) is 5.01 Å². The van der Waals surface area contributed by atoms with Crippen LogP contribution in [0.15, 0.2) is 29.6 Å². The van der Waals surface area contributed by atoms with Crippen molar-refractivity contribution in [3.63, 3.8) is 0 Å². The Hall–Kier alpha value is -1.39. The molecule has 0 spiro atoms. The Balaban J connectivity index is 1.49. The smallest absolute Gasteiger partial charge is 0.229 e. The molecular weight excluding hydrogens is 352 g/mol. The summed E-state index contributed by atoms with van der Waals surface area (Å²) in [5.74, 6) is 0.944. The molecular formula is C20H23ClN2OS. The highest BCUT2D eigenvalue weighted by atomic mass is 35.5. The number of amides is 1. The number of hydrogen-bond acceptors (Lipinski definition) is 3. The summed E-state index contributed by atoms with van der Waals surface area (Å²) in [5, 5.41) is 3.58. The van der Waals surface area contributed by atoms with Gasteiger partial charge in [-0.05, 0) is 38.2 Å². The Morgan fingerprint density at radius 1 is 1.32 bits per heavy atom. The summed E-state index contributed by atoms with van der Waals surface area (Å²) in [6, 6.07) is 8.54. The van der Waals surface area contributed by atoms with Crippen LogP contribution in [0.25, 0.3) is 10.6 Å². The number of aromatic nitrogens is 1. The van der Waals surface area contributed by atoms with E-state index in [0.29, 0.717) is 29.4 Å². The molecule has 1 saturated heterocycles. The molecule has 3 atom stereocenters. The third-order valence-corrected chi connectivity index (χ3v) is 6.88. The molecule has 5 heteroatoms. The minimum absolute atomic E-state index is 0.234. The average Bonchev–Trinajstić information content (AvgIpc) is 3.18. The summed E-state index contributed by atoms with van der Waals surface area (Å²) in [4.78, 5) is 19.8. The van der Waals surface area contributed by atoms with Crippen LogP contribution in [0.2, 0.25) is 5.02 Å². The van der Waals surface area contributed by atoms with Gasteiger partial charge in [0.25, 0.3) is 0 Å². The quantitative estimate of drug-likeness (QED) is 0.741. The topological polar surface area (TPSA) is 33.2 Å². The van der Waals surface area contributed by atoms with Crippen LogP contribution in [-0.4, -0.2) is 27.9 Å². The monoisotopic (exact) mass is 374 g/mol. The third-order valence-electron chi connectivity index (χ3n) is 5.62. The van der Waals surface area contributed by atoms with Crippen molar-refractivity contribution < 1.29 is 4.79 Å². The number of fused-ring (bicyclic) bond motifs is 1. The van der Waals surface area contributed by atoms with Gasteiger partial charge in [0.2, 0.25) is 5.91 Å². The van der Waals surface area contributed by atoms with Crippen molar-refractivity contribution in [2.45, 2.75) is 57.5 Å². The summed E-state index contributed by atoms with van der Waals surface area (Å²) in [6.45, 7) is 2.20. The van der Waals surface area contributed by atoms with Gasteiger partial charge in [0.15, 0.2) is 0 Å². The lowest BCUT2D eigenvalue weighted by Crippen LogP contribution is -2.43. The number of likely N-dealkylation sites (tertiary alicyclic amines) is 1. The Bertz CT molecular complexity index is 775. The number of carbonyl (C=O) groups is 1.